The van der Waals surface area contributed by atoms with Crippen molar-refractivity contribution in [3.63, 3.8) is 0 Å². The zero-order valence-corrected chi connectivity index (χ0v) is 21.4. The molecular weight excluding hydrogens is 460 g/mol. The molecule has 2 heterocycles. The number of nitrogens with zero attached hydrogens (tertiary/aromatic N) is 3. The highest BCUT2D eigenvalue weighted by molar-refractivity contribution is 6.30. The molecular formula is C28H33ClN4O2. The monoisotopic (exact) mass is 492 g/mol. The Hall–Kier alpha value is -2.86. The van der Waals surface area contributed by atoms with E-state index < -0.39 is 5.54 Å². The van der Waals surface area contributed by atoms with E-state index >= 15 is 0 Å². The fourth-order valence-corrected chi connectivity index (χ4v) is 5.81. The minimum absolute atomic E-state index is 0.0867. The molecule has 1 fully saturated rings. The molecule has 2 aliphatic rings. The second-order valence-electron chi connectivity index (χ2n) is 10.5. The highest BCUT2D eigenvalue weighted by atomic mass is 35.5. The third kappa shape index (κ3) is 4.33. The second kappa shape index (κ2) is 9.30. The Morgan fingerprint density at radius 1 is 1.14 bits per heavy atom. The van der Waals surface area contributed by atoms with Crippen LogP contribution in [0.3, 0.4) is 0 Å². The number of carbonyl (C=O) groups is 2. The normalized spacial score (nSPS) is 26.6. The minimum atomic E-state index is -1.03. The van der Waals surface area contributed by atoms with Crippen molar-refractivity contribution in [3.8, 4) is 0 Å². The van der Waals surface area contributed by atoms with Crippen LogP contribution in [-0.4, -0.2) is 44.4 Å². The number of nitrogens with one attached hydrogen (secondary N) is 1. The van der Waals surface area contributed by atoms with Gasteiger partial charge in [-0.25, -0.2) is 4.98 Å². The molecule has 1 aromatic heterocycles. The number of imidazole rings is 1. The van der Waals surface area contributed by atoms with Crippen LogP contribution in [0, 0.1) is 11.8 Å². The minimum Gasteiger partial charge on any atom is -0.351 e. The molecule has 7 heteroatoms. The van der Waals surface area contributed by atoms with Gasteiger partial charge >= 0.3 is 0 Å². The van der Waals surface area contributed by atoms with Gasteiger partial charge < -0.3 is 14.8 Å². The van der Waals surface area contributed by atoms with Crippen LogP contribution in [0.2, 0.25) is 5.02 Å². The number of amides is 2. The van der Waals surface area contributed by atoms with Gasteiger partial charge in [-0.3, -0.25) is 9.59 Å². The SMILES string of the molecule is C[C@H]1[C@H](C)CCC[C@@H]1NC(=O)[C@@]1(C)Cn2c(nc3ccccc32)C(=O)N1CCc1ccc(Cl)cc1. The van der Waals surface area contributed by atoms with Gasteiger partial charge in [0.2, 0.25) is 5.91 Å². The predicted octanol–water partition coefficient (Wildman–Crippen LogP) is 5.09. The van der Waals surface area contributed by atoms with Crippen molar-refractivity contribution in [1.29, 1.82) is 0 Å². The van der Waals surface area contributed by atoms with E-state index in [1.807, 2.05) is 60.0 Å². The Morgan fingerprint density at radius 2 is 1.89 bits per heavy atom. The lowest BCUT2D eigenvalue weighted by atomic mass is 9.77. The molecule has 184 valence electrons. The Balaban J connectivity index is 1.48. The number of carbonyl (C=O) groups excluding carboxylic acids is 2. The third-order valence-electron chi connectivity index (χ3n) is 8.20. The first-order valence-electron chi connectivity index (χ1n) is 12.6. The van der Waals surface area contributed by atoms with Gasteiger partial charge in [0.25, 0.3) is 5.91 Å². The Bertz CT molecular complexity index is 1250. The molecule has 1 aliphatic carbocycles. The molecule has 2 aromatic carbocycles. The largest absolute Gasteiger partial charge is 0.351 e. The van der Waals surface area contributed by atoms with Crippen molar-refractivity contribution in [2.24, 2.45) is 11.8 Å². The van der Waals surface area contributed by atoms with Gasteiger partial charge in [0, 0.05) is 17.6 Å². The maximum atomic E-state index is 14.0. The fourth-order valence-electron chi connectivity index (χ4n) is 5.68. The number of hydrogen-bond acceptors (Lipinski definition) is 3. The van der Waals surface area contributed by atoms with Gasteiger partial charge in [-0.05, 0) is 61.4 Å². The summed E-state index contributed by atoms with van der Waals surface area (Å²) in [5.74, 6) is 1.08. The first-order valence-corrected chi connectivity index (χ1v) is 13.0. The number of fused-ring (bicyclic) bond motifs is 3. The molecule has 4 atom stereocenters. The third-order valence-corrected chi connectivity index (χ3v) is 8.45. The molecule has 1 N–H and O–H groups in total. The van der Waals surface area contributed by atoms with E-state index in [4.69, 9.17) is 11.6 Å². The number of hydrogen-bond donors (Lipinski definition) is 1. The molecule has 6 nitrogen and oxygen atoms in total. The topological polar surface area (TPSA) is 67.2 Å². The molecule has 2 amide bonds. The van der Waals surface area contributed by atoms with E-state index in [-0.39, 0.29) is 17.9 Å². The summed E-state index contributed by atoms with van der Waals surface area (Å²) in [5.41, 5.74) is 1.69. The molecule has 0 radical (unpaired) electrons. The molecule has 0 saturated heterocycles. The molecule has 1 saturated carbocycles. The van der Waals surface area contributed by atoms with Crippen LogP contribution in [0.15, 0.2) is 48.5 Å². The van der Waals surface area contributed by atoms with E-state index in [1.54, 1.807) is 4.90 Å². The van der Waals surface area contributed by atoms with Gasteiger partial charge in [-0.15, -0.1) is 0 Å². The number of aromatic nitrogens is 2. The quantitative estimate of drug-likeness (QED) is 0.539. The van der Waals surface area contributed by atoms with Crippen molar-refractivity contribution >= 4 is 34.4 Å². The van der Waals surface area contributed by atoms with Crippen molar-refractivity contribution in [2.45, 2.75) is 64.6 Å². The van der Waals surface area contributed by atoms with Crippen molar-refractivity contribution in [2.75, 3.05) is 6.54 Å². The maximum absolute atomic E-state index is 14.0. The molecule has 3 aromatic rings. The van der Waals surface area contributed by atoms with Crippen molar-refractivity contribution < 1.29 is 9.59 Å². The summed E-state index contributed by atoms with van der Waals surface area (Å²) in [7, 11) is 0. The van der Waals surface area contributed by atoms with Crippen LogP contribution in [-0.2, 0) is 17.8 Å². The molecule has 0 unspecified atom stereocenters. The van der Waals surface area contributed by atoms with Crippen LogP contribution < -0.4 is 5.32 Å². The molecule has 5 rings (SSSR count). The Labute approximate surface area is 211 Å². The van der Waals surface area contributed by atoms with E-state index in [9.17, 15) is 9.59 Å². The predicted molar refractivity (Wildman–Crippen MR) is 138 cm³/mol. The van der Waals surface area contributed by atoms with Crippen molar-refractivity contribution in [3.05, 3.63) is 64.9 Å². The van der Waals surface area contributed by atoms with Crippen LogP contribution in [0.4, 0.5) is 0 Å². The average molecular weight is 493 g/mol. The summed E-state index contributed by atoms with van der Waals surface area (Å²) in [5, 5.41) is 4.03. The Morgan fingerprint density at radius 3 is 2.66 bits per heavy atom. The van der Waals surface area contributed by atoms with Crippen LogP contribution in [0.1, 0.15) is 56.2 Å². The molecule has 1 aliphatic heterocycles. The molecule has 35 heavy (non-hydrogen) atoms. The lowest BCUT2D eigenvalue weighted by Crippen LogP contribution is -2.66. The van der Waals surface area contributed by atoms with E-state index in [1.165, 1.54) is 6.42 Å². The second-order valence-corrected chi connectivity index (χ2v) is 10.9. The summed E-state index contributed by atoms with van der Waals surface area (Å²) < 4.78 is 1.92. The number of benzene rings is 2. The summed E-state index contributed by atoms with van der Waals surface area (Å²) in [6.07, 6.45) is 3.91. The van der Waals surface area contributed by atoms with Crippen LogP contribution >= 0.6 is 11.6 Å². The summed E-state index contributed by atoms with van der Waals surface area (Å²) in [4.78, 5) is 34.2. The van der Waals surface area contributed by atoms with Crippen molar-refractivity contribution in [1.82, 2.24) is 19.8 Å². The first-order chi connectivity index (χ1) is 16.8. The van der Waals surface area contributed by atoms with E-state index in [2.05, 4.69) is 24.1 Å². The van der Waals surface area contributed by atoms with Gasteiger partial charge in [-0.2, -0.15) is 0 Å². The van der Waals surface area contributed by atoms with Crippen LogP contribution in [0.5, 0.6) is 0 Å². The fraction of sp³-hybridized carbons (Fsp3) is 0.464. The van der Waals surface area contributed by atoms with Gasteiger partial charge in [-0.1, -0.05) is 62.6 Å². The van der Waals surface area contributed by atoms with Gasteiger partial charge in [0.1, 0.15) is 5.54 Å². The van der Waals surface area contributed by atoms with Gasteiger partial charge in [0.15, 0.2) is 5.82 Å². The highest BCUT2D eigenvalue weighted by Crippen LogP contribution is 2.33. The highest BCUT2D eigenvalue weighted by Gasteiger charge is 2.49. The molecule has 0 spiro atoms. The zero-order chi connectivity index (χ0) is 24.7. The maximum Gasteiger partial charge on any atom is 0.290 e. The molecule has 0 bridgehead atoms. The standard InChI is InChI=1S/C28H33ClN4O2/c1-18-7-6-9-22(19(18)2)31-27(35)28(3)17-32-24-10-5-4-8-23(24)30-25(32)26(34)33(28)16-15-20-11-13-21(29)14-12-20/h4-5,8,10-14,18-19,22H,6-7,9,15-17H2,1-3H3,(H,31,35)/t18-,19+,22+,28-/m1/s1. The number of para-hydroxylation sites is 2. The van der Waals surface area contributed by atoms with Crippen LogP contribution in [0.25, 0.3) is 11.0 Å². The number of halogens is 1. The summed E-state index contributed by atoms with van der Waals surface area (Å²) in [6, 6.07) is 15.5. The van der Waals surface area contributed by atoms with Gasteiger partial charge in [0.05, 0.1) is 17.6 Å². The van der Waals surface area contributed by atoms with E-state index in [0.29, 0.717) is 42.2 Å². The first kappa shape index (κ1) is 23.9. The summed E-state index contributed by atoms with van der Waals surface area (Å²) in [6.45, 7) is 7.18. The smallest absolute Gasteiger partial charge is 0.290 e. The van der Waals surface area contributed by atoms with E-state index in [0.717, 1.165) is 29.4 Å². The average Bonchev–Trinajstić information content (AvgIpc) is 3.21. The Kier molecular flexibility index (Phi) is 6.34. The lowest BCUT2D eigenvalue weighted by Gasteiger charge is -2.45. The zero-order valence-electron chi connectivity index (χ0n) is 20.6. The lowest BCUT2D eigenvalue weighted by molar-refractivity contribution is -0.134. The number of rotatable bonds is 5. The summed E-state index contributed by atoms with van der Waals surface area (Å²) >= 11 is 6.05.